The fraction of sp³-hybridized carbons (Fsp3) is 0.357. The minimum absolute atomic E-state index is 0.135. The van der Waals surface area contributed by atoms with Crippen LogP contribution in [0.3, 0.4) is 0 Å². The largest absolute Gasteiger partial charge is 0.480 e. The van der Waals surface area contributed by atoms with Gasteiger partial charge in [0.2, 0.25) is 5.91 Å². The lowest BCUT2D eigenvalue weighted by atomic mass is 10.1. The Balaban J connectivity index is 2.51. The van der Waals surface area contributed by atoms with Gasteiger partial charge in [-0.05, 0) is 31.2 Å². The number of Topliss-reactive ketones (excluding diaryl/α,β-unsaturated/α-hetero) is 1. The van der Waals surface area contributed by atoms with Gasteiger partial charge in [0, 0.05) is 18.4 Å². The number of aliphatic hydroxyl groups is 1. The molecule has 0 radical (unpaired) electrons. The van der Waals surface area contributed by atoms with Gasteiger partial charge >= 0.3 is 5.97 Å². The summed E-state index contributed by atoms with van der Waals surface area (Å²) in [4.78, 5) is 34.1. The van der Waals surface area contributed by atoms with E-state index in [-0.39, 0.29) is 24.2 Å². The summed E-state index contributed by atoms with van der Waals surface area (Å²) < 4.78 is 12.7. The van der Waals surface area contributed by atoms with E-state index in [1.54, 1.807) is 0 Å². The topological polar surface area (TPSA) is 104 Å². The highest BCUT2D eigenvalue weighted by atomic mass is 19.1. The molecule has 1 amide bonds. The molecule has 7 heteroatoms. The van der Waals surface area contributed by atoms with Crippen LogP contribution in [-0.4, -0.2) is 40.0 Å². The second kappa shape index (κ2) is 7.49. The first-order valence-electron chi connectivity index (χ1n) is 6.30. The number of carbonyl (C=O) groups excluding carboxylic acids is 2. The van der Waals surface area contributed by atoms with Gasteiger partial charge in [0.05, 0.1) is 6.10 Å². The summed E-state index contributed by atoms with van der Waals surface area (Å²) in [6, 6.07) is 3.48. The molecular formula is C14H16FNO5. The molecular weight excluding hydrogens is 281 g/mol. The van der Waals surface area contributed by atoms with E-state index in [1.807, 2.05) is 0 Å². The predicted octanol–water partition coefficient (Wildman–Crippen LogP) is 0.739. The van der Waals surface area contributed by atoms with E-state index in [9.17, 15) is 23.9 Å². The van der Waals surface area contributed by atoms with Crippen molar-refractivity contribution in [1.82, 2.24) is 5.32 Å². The lowest BCUT2D eigenvalue weighted by molar-refractivity contribution is -0.144. The molecule has 2 unspecified atom stereocenters. The average molecular weight is 297 g/mol. The van der Waals surface area contributed by atoms with Crippen LogP contribution in [0.15, 0.2) is 24.3 Å². The second-order valence-electron chi connectivity index (χ2n) is 4.55. The molecule has 3 N–H and O–H groups in total. The Bertz CT molecular complexity index is 527. The maximum atomic E-state index is 12.7. The summed E-state index contributed by atoms with van der Waals surface area (Å²) in [6.07, 6.45) is -1.60. The van der Waals surface area contributed by atoms with Gasteiger partial charge in [-0.1, -0.05) is 0 Å². The van der Waals surface area contributed by atoms with Crippen LogP contribution in [0.2, 0.25) is 0 Å². The molecule has 1 rings (SSSR count). The lowest BCUT2D eigenvalue weighted by Gasteiger charge is -2.16. The monoisotopic (exact) mass is 297 g/mol. The molecule has 0 bridgehead atoms. The Hall–Kier alpha value is -2.28. The van der Waals surface area contributed by atoms with Gasteiger partial charge in [-0.3, -0.25) is 9.59 Å². The van der Waals surface area contributed by atoms with Crippen molar-refractivity contribution in [2.75, 3.05) is 0 Å². The Kier molecular flexibility index (Phi) is 5.98. The first-order valence-corrected chi connectivity index (χ1v) is 6.30. The highest BCUT2D eigenvalue weighted by Gasteiger charge is 2.24. The normalized spacial score (nSPS) is 13.3. The van der Waals surface area contributed by atoms with Crippen molar-refractivity contribution in [3.8, 4) is 0 Å². The minimum Gasteiger partial charge on any atom is -0.480 e. The zero-order chi connectivity index (χ0) is 16.0. The Morgan fingerprint density at radius 2 is 1.76 bits per heavy atom. The third-order valence-corrected chi connectivity index (χ3v) is 2.81. The molecule has 0 fully saturated rings. The zero-order valence-corrected chi connectivity index (χ0v) is 11.4. The average Bonchev–Trinajstić information content (AvgIpc) is 2.42. The Morgan fingerprint density at radius 1 is 1.19 bits per heavy atom. The molecule has 2 atom stereocenters. The number of nitrogens with one attached hydrogen (secondary N) is 1. The van der Waals surface area contributed by atoms with E-state index in [4.69, 9.17) is 5.11 Å². The Labute approximate surface area is 120 Å². The van der Waals surface area contributed by atoms with E-state index >= 15 is 0 Å². The van der Waals surface area contributed by atoms with E-state index in [2.05, 4.69) is 5.32 Å². The molecule has 0 saturated heterocycles. The summed E-state index contributed by atoms with van der Waals surface area (Å²) >= 11 is 0. The summed E-state index contributed by atoms with van der Waals surface area (Å²) in [5.74, 6) is -2.83. The number of rotatable bonds is 7. The van der Waals surface area contributed by atoms with E-state index < -0.39 is 29.8 Å². The Morgan fingerprint density at radius 3 is 2.24 bits per heavy atom. The summed E-state index contributed by atoms with van der Waals surface area (Å²) in [7, 11) is 0. The molecule has 6 nitrogen and oxygen atoms in total. The van der Waals surface area contributed by atoms with E-state index in [0.717, 1.165) is 12.1 Å². The van der Waals surface area contributed by atoms with Crippen LogP contribution in [0.25, 0.3) is 0 Å². The summed E-state index contributed by atoms with van der Waals surface area (Å²) in [5, 5.41) is 20.1. The van der Waals surface area contributed by atoms with Crippen LogP contribution >= 0.6 is 0 Å². The van der Waals surface area contributed by atoms with Crippen LogP contribution in [0.4, 0.5) is 4.39 Å². The number of ketones is 1. The number of carbonyl (C=O) groups is 3. The van der Waals surface area contributed by atoms with Gasteiger partial charge in [0.25, 0.3) is 0 Å². The van der Waals surface area contributed by atoms with Crippen molar-refractivity contribution >= 4 is 17.7 Å². The molecule has 0 heterocycles. The standard InChI is InChI=1S/C14H16FNO5/c1-8(17)13(14(20)21)16-12(19)7-6-11(18)9-2-4-10(15)5-3-9/h2-5,8,13,17H,6-7H2,1H3,(H,16,19)(H,20,21). The van der Waals surface area contributed by atoms with Gasteiger partial charge in [-0.15, -0.1) is 0 Å². The van der Waals surface area contributed by atoms with Crippen molar-refractivity contribution in [2.24, 2.45) is 0 Å². The van der Waals surface area contributed by atoms with Crippen molar-refractivity contribution < 1.29 is 29.0 Å². The first-order chi connectivity index (χ1) is 9.81. The molecule has 1 aromatic carbocycles. The number of halogens is 1. The fourth-order valence-corrected chi connectivity index (χ4v) is 1.64. The first kappa shape index (κ1) is 16.8. The van der Waals surface area contributed by atoms with E-state index in [1.165, 1.54) is 19.1 Å². The minimum atomic E-state index is -1.42. The number of hydrogen-bond acceptors (Lipinski definition) is 4. The molecule has 0 aliphatic carbocycles. The number of amides is 1. The summed E-state index contributed by atoms with van der Waals surface area (Å²) in [5.41, 5.74) is 0.273. The smallest absolute Gasteiger partial charge is 0.328 e. The molecule has 114 valence electrons. The SMILES string of the molecule is CC(O)C(NC(=O)CCC(=O)c1ccc(F)cc1)C(=O)O. The van der Waals surface area contributed by atoms with Gasteiger partial charge in [-0.2, -0.15) is 0 Å². The highest BCUT2D eigenvalue weighted by Crippen LogP contribution is 2.07. The highest BCUT2D eigenvalue weighted by molar-refractivity contribution is 5.98. The number of carboxylic acids is 1. The molecule has 0 saturated carbocycles. The third-order valence-electron chi connectivity index (χ3n) is 2.81. The van der Waals surface area contributed by atoms with Crippen LogP contribution in [0.1, 0.15) is 30.1 Å². The van der Waals surface area contributed by atoms with Gasteiger partial charge in [-0.25, -0.2) is 9.18 Å². The predicted molar refractivity (Wildman–Crippen MR) is 71.2 cm³/mol. The maximum absolute atomic E-state index is 12.7. The van der Waals surface area contributed by atoms with Gasteiger partial charge in [0.15, 0.2) is 11.8 Å². The number of aliphatic hydroxyl groups excluding tert-OH is 1. The van der Waals surface area contributed by atoms with Crippen LogP contribution in [0, 0.1) is 5.82 Å². The fourth-order valence-electron chi connectivity index (χ4n) is 1.64. The van der Waals surface area contributed by atoms with Crippen molar-refractivity contribution in [1.29, 1.82) is 0 Å². The number of benzene rings is 1. The molecule has 0 aliphatic heterocycles. The van der Waals surface area contributed by atoms with Crippen molar-refractivity contribution in [3.63, 3.8) is 0 Å². The summed E-state index contributed by atoms with van der Waals surface area (Å²) in [6.45, 7) is 1.24. The van der Waals surface area contributed by atoms with Crippen LogP contribution in [0.5, 0.6) is 0 Å². The van der Waals surface area contributed by atoms with Gasteiger partial charge in [0.1, 0.15) is 5.82 Å². The number of aliphatic carboxylic acids is 1. The van der Waals surface area contributed by atoms with E-state index in [0.29, 0.717) is 0 Å². The lowest BCUT2D eigenvalue weighted by Crippen LogP contribution is -2.47. The zero-order valence-electron chi connectivity index (χ0n) is 11.4. The molecule has 1 aromatic rings. The second-order valence-corrected chi connectivity index (χ2v) is 4.55. The molecule has 0 aliphatic rings. The van der Waals surface area contributed by atoms with Gasteiger partial charge < -0.3 is 15.5 Å². The molecule has 0 aromatic heterocycles. The van der Waals surface area contributed by atoms with Crippen LogP contribution in [-0.2, 0) is 9.59 Å². The van der Waals surface area contributed by atoms with Crippen LogP contribution < -0.4 is 5.32 Å². The number of carboxylic acid groups (broad SMARTS) is 1. The maximum Gasteiger partial charge on any atom is 0.328 e. The molecule has 0 spiro atoms. The third kappa shape index (κ3) is 5.31. The number of hydrogen-bond donors (Lipinski definition) is 3. The molecule has 21 heavy (non-hydrogen) atoms. The van der Waals surface area contributed by atoms with Crippen molar-refractivity contribution in [2.45, 2.75) is 31.9 Å². The van der Waals surface area contributed by atoms with Crippen molar-refractivity contribution in [3.05, 3.63) is 35.6 Å². The quantitative estimate of drug-likeness (QED) is 0.644.